The third-order valence-corrected chi connectivity index (χ3v) is 4.10. The Hall–Kier alpha value is -2.31. The molecule has 1 aliphatic heterocycles. The molecule has 0 saturated heterocycles. The summed E-state index contributed by atoms with van der Waals surface area (Å²) in [6.07, 6.45) is 3.67. The number of hydrogen-bond acceptors (Lipinski definition) is 4. The van der Waals surface area contributed by atoms with Crippen LogP contribution >= 0.6 is 11.6 Å². The van der Waals surface area contributed by atoms with Gasteiger partial charge in [-0.3, -0.25) is 4.79 Å². The highest BCUT2D eigenvalue weighted by Gasteiger charge is 2.46. The quantitative estimate of drug-likeness (QED) is 0.681. The van der Waals surface area contributed by atoms with E-state index in [-0.39, 0.29) is 10.2 Å². The summed E-state index contributed by atoms with van der Waals surface area (Å²) in [4.78, 5) is 31.9. The fraction of sp³-hybridized carbons (Fsp3) is 0.200. The number of quaternary nitrogens is 1. The Kier molecular flexibility index (Phi) is 3.64. The van der Waals surface area contributed by atoms with Crippen LogP contribution in [0.3, 0.4) is 0 Å². The Morgan fingerprint density at radius 2 is 2.14 bits per heavy atom. The van der Waals surface area contributed by atoms with Crippen LogP contribution in [0.5, 0.6) is 0 Å². The van der Waals surface area contributed by atoms with Crippen molar-refractivity contribution in [2.24, 2.45) is 5.73 Å². The molecule has 0 radical (unpaired) electrons. The summed E-state index contributed by atoms with van der Waals surface area (Å²) in [6.45, 7) is 0.451. The molecule has 1 aliphatic rings. The number of aldehydes is 1. The van der Waals surface area contributed by atoms with E-state index in [0.29, 0.717) is 29.5 Å². The molecular formula is C15H14ClN4O2+. The number of fused-ring (bicyclic) bond motifs is 1. The number of hydrogen-bond donors (Lipinski definition) is 1. The van der Waals surface area contributed by atoms with E-state index in [1.54, 1.807) is 18.2 Å². The number of carbonyl (C=O) groups is 2. The first-order valence-electron chi connectivity index (χ1n) is 6.84. The number of rotatable bonds is 2. The van der Waals surface area contributed by atoms with E-state index in [2.05, 4.69) is 9.97 Å². The number of nitrogens with zero attached hydrogens (tertiary/aromatic N) is 3. The number of primary amides is 1. The van der Waals surface area contributed by atoms with E-state index in [1.807, 2.05) is 6.07 Å². The molecule has 0 spiro atoms. The van der Waals surface area contributed by atoms with Crippen LogP contribution in [-0.2, 0) is 6.42 Å². The van der Waals surface area contributed by atoms with E-state index >= 15 is 0 Å². The van der Waals surface area contributed by atoms with Gasteiger partial charge in [0, 0.05) is 18.1 Å². The van der Waals surface area contributed by atoms with Crippen LogP contribution in [0.25, 0.3) is 0 Å². The van der Waals surface area contributed by atoms with Gasteiger partial charge in [0.2, 0.25) is 11.6 Å². The van der Waals surface area contributed by atoms with Gasteiger partial charge in [-0.1, -0.05) is 11.6 Å². The zero-order valence-electron chi connectivity index (χ0n) is 11.7. The molecule has 1 unspecified atom stereocenters. The number of pyridine rings is 2. The Morgan fingerprint density at radius 3 is 2.77 bits per heavy atom. The molecule has 2 aromatic heterocycles. The van der Waals surface area contributed by atoms with Gasteiger partial charge >= 0.3 is 6.03 Å². The van der Waals surface area contributed by atoms with Crippen molar-refractivity contribution in [2.45, 2.75) is 12.8 Å². The van der Waals surface area contributed by atoms with Crippen LogP contribution in [0.1, 0.15) is 22.5 Å². The molecule has 2 N–H and O–H groups in total. The summed E-state index contributed by atoms with van der Waals surface area (Å²) in [5.74, 6) is 0.923. The van der Waals surface area contributed by atoms with Gasteiger partial charge in [-0.25, -0.2) is 9.78 Å². The van der Waals surface area contributed by atoms with Gasteiger partial charge in [-0.05, 0) is 24.6 Å². The van der Waals surface area contributed by atoms with Gasteiger partial charge in [0.1, 0.15) is 12.2 Å². The fourth-order valence-electron chi connectivity index (χ4n) is 2.84. The Labute approximate surface area is 132 Å². The minimum atomic E-state index is -0.577. The second-order valence-corrected chi connectivity index (χ2v) is 5.58. The van der Waals surface area contributed by atoms with Gasteiger partial charge in [0.15, 0.2) is 6.29 Å². The lowest BCUT2D eigenvalue weighted by Crippen LogP contribution is -2.56. The standard InChI is InChI=1S/C15H13ClN4O2/c16-11-4-6-13(18-8-11)20(15(17)22)7-1-2-10-3-5-12(9-21)19-14(10)20/h3-6,8-9H,1-2,7H2,(H-,17,22)/p+1. The predicted molar refractivity (Wildman–Crippen MR) is 83.1 cm³/mol. The van der Waals surface area contributed by atoms with E-state index in [1.165, 1.54) is 6.20 Å². The first-order chi connectivity index (χ1) is 10.6. The third-order valence-electron chi connectivity index (χ3n) is 3.88. The molecule has 2 amide bonds. The molecule has 3 rings (SSSR count). The second-order valence-electron chi connectivity index (χ2n) is 5.15. The molecule has 0 aromatic carbocycles. The summed E-state index contributed by atoms with van der Waals surface area (Å²) in [5, 5.41) is 0.471. The van der Waals surface area contributed by atoms with Crippen molar-refractivity contribution in [1.82, 2.24) is 14.5 Å². The lowest BCUT2D eigenvalue weighted by Gasteiger charge is -2.35. The van der Waals surface area contributed by atoms with Gasteiger partial charge < -0.3 is 5.73 Å². The van der Waals surface area contributed by atoms with Crippen LogP contribution < -0.4 is 10.2 Å². The van der Waals surface area contributed by atoms with Crippen LogP contribution in [0.4, 0.5) is 16.4 Å². The van der Waals surface area contributed by atoms with Gasteiger partial charge in [-0.15, -0.1) is 4.48 Å². The number of halogens is 1. The second kappa shape index (κ2) is 5.47. The number of aromatic nitrogens is 2. The van der Waals surface area contributed by atoms with E-state index in [9.17, 15) is 9.59 Å². The molecule has 22 heavy (non-hydrogen) atoms. The Balaban J connectivity index is 2.27. The number of urea groups is 1. The lowest BCUT2D eigenvalue weighted by atomic mass is 10.0. The fourth-order valence-corrected chi connectivity index (χ4v) is 2.95. The minimum Gasteiger partial charge on any atom is -0.318 e. The molecule has 3 heterocycles. The first kappa shape index (κ1) is 14.6. The van der Waals surface area contributed by atoms with Crippen molar-refractivity contribution < 1.29 is 9.59 Å². The lowest BCUT2D eigenvalue weighted by molar-refractivity contribution is 0.111. The summed E-state index contributed by atoms with van der Waals surface area (Å²) in [6, 6.07) is 6.20. The van der Waals surface area contributed by atoms with Crippen molar-refractivity contribution in [3.63, 3.8) is 0 Å². The number of nitrogens with two attached hydrogens (primary N) is 1. The van der Waals surface area contributed by atoms with Crippen molar-refractivity contribution in [2.75, 3.05) is 6.54 Å². The molecule has 7 heteroatoms. The molecule has 112 valence electrons. The summed E-state index contributed by atoms with van der Waals surface area (Å²) in [5.41, 5.74) is 6.87. The normalized spacial score (nSPS) is 20.2. The maximum Gasteiger partial charge on any atom is 0.426 e. The van der Waals surface area contributed by atoms with E-state index in [0.717, 1.165) is 18.4 Å². The molecule has 0 saturated carbocycles. The van der Waals surface area contributed by atoms with Gasteiger partial charge in [0.25, 0.3) is 0 Å². The highest BCUT2D eigenvalue weighted by atomic mass is 35.5. The molecule has 0 bridgehead atoms. The largest absolute Gasteiger partial charge is 0.426 e. The smallest absolute Gasteiger partial charge is 0.318 e. The first-order valence-corrected chi connectivity index (χ1v) is 7.21. The van der Waals surface area contributed by atoms with Crippen LogP contribution in [0.2, 0.25) is 5.02 Å². The Bertz CT molecular complexity index is 748. The molecule has 2 aromatic rings. The molecular weight excluding hydrogens is 304 g/mol. The van der Waals surface area contributed by atoms with Crippen molar-refractivity contribution in [3.8, 4) is 0 Å². The SMILES string of the molecule is NC(=O)[N+]1(c2ccc(Cl)cn2)CCCc2ccc(C=O)nc21. The van der Waals surface area contributed by atoms with Gasteiger partial charge in [0.05, 0.1) is 11.2 Å². The molecule has 1 atom stereocenters. The highest BCUT2D eigenvalue weighted by molar-refractivity contribution is 6.30. The monoisotopic (exact) mass is 317 g/mol. The average molecular weight is 318 g/mol. The number of aryl methyl sites for hydroxylation is 1. The van der Waals surface area contributed by atoms with E-state index < -0.39 is 6.03 Å². The molecule has 0 aliphatic carbocycles. The minimum absolute atomic E-state index is 0.262. The van der Waals surface area contributed by atoms with E-state index in [4.69, 9.17) is 17.3 Å². The summed E-state index contributed by atoms with van der Waals surface area (Å²) in [7, 11) is 0. The number of carbonyl (C=O) groups excluding carboxylic acids is 2. The van der Waals surface area contributed by atoms with Crippen molar-refractivity contribution in [3.05, 3.63) is 46.7 Å². The summed E-state index contributed by atoms with van der Waals surface area (Å²) >= 11 is 5.88. The van der Waals surface area contributed by atoms with Gasteiger partial charge in [-0.2, -0.15) is 4.98 Å². The predicted octanol–water partition coefficient (Wildman–Crippen LogP) is 2.61. The zero-order chi connectivity index (χ0) is 15.7. The zero-order valence-corrected chi connectivity index (χ0v) is 12.5. The number of amides is 2. The highest BCUT2D eigenvalue weighted by Crippen LogP contribution is 2.38. The van der Waals surface area contributed by atoms with Crippen molar-refractivity contribution in [1.29, 1.82) is 0 Å². The maximum absolute atomic E-state index is 12.3. The van der Waals surface area contributed by atoms with Crippen LogP contribution in [0, 0.1) is 0 Å². The average Bonchev–Trinajstić information content (AvgIpc) is 2.54. The third kappa shape index (κ3) is 2.17. The summed E-state index contributed by atoms with van der Waals surface area (Å²) < 4.78 is -0.297. The van der Waals surface area contributed by atoms with Crippen molar-refractivity contribution >= 4 is 35.6 Å². The maximum atomic E-state index is 12.3. The van der Waals surface area contributed by atoms with Crippen LogP contribution in [0.15, 0.2) is 30.5 Å². The molecule has 6 nitrogen and oxygen atoms in total. The Morgan fingerprint density at radius 1 is 1.32 bits per heavy atom. The molecule has 0 fully saturated rings. The topological polar surface area (TPSA) is 85.9 Å². The van der Waals surface area contributed by atoms with Crippen LogP contribution in [-0.4, -0.2) is 28.8 Å².